The molecule has 0 fully saturated rings. The maximum Gasteiger partial charge on any atom is 0.336 e. The number of benzene rings is 3. The van der Waals surface area contributed by atoms with Crippen molar-refractivity contribution in [1.29, 1.82) is 0 Å². The minimum absolute atomic E-state index is 0.00718. The van der Waals surface area contributed by atoms with E-state index in [-0.39, 0.29) is 23.0 Å². The van der Waals surface area contributed by atoms with Gasteiger partial charge in [-0.05, 0) is 53.6 Å². The Hall–Kier alpha value is -4.57. The summed E-state index contributed by atoms with van der Waals surface area (Å²) in [5, 5.41) is 5.36. The smallest absolute Gasteiger partial charge is 0.336 e. The zero-order valence-corrected chi connectivity index (χ0v) is 19.1. The summed E-state index contributed by atoms with van der Waals surface area (Å²) in [6.07, 6.45) is 3.01. The van der Waals surface area contributed by atoms with E-state index in [1.165, 1.54) is 18.6 Å². The number of furan rings is 1. The van der Waals surface area contributed by atoms with E-state index < -0.39 is 16.1 Å². The van der Waals surface area contributed by atoms with Gasteiger partial charge in [0.1, 0.15) is 4.90 Å². The Morgan fingerprint density at radius 3 is 2.49 bits per heavy atom. The van der Waals surface area contributed by atoms with Crippen molar-refractivity contribution in [3.05, 3.63) is 96.4 Å². The topological polar surface area (TPSA) is 135 Å². The molecule has 176 valence electrons. The molecule has 3 aromatic carbocycles. The summed E-state index contributed by atoms with van der Waals surface area (Å²) in [5.41, 5.74) is 9.27. The van der Waals surface area contributed by atoms with Crippen molar-refractivity contribution in [2.75, 3.05) is 16.4 Å². The Morgan fingerprint density at radius 2 is 1.77 bits per heavy atom. The Bertz CT molecular complexity index is 1530. The van der Waals surface area contributed by atoms with E-state index in [0.717, 1.165) is 9.87 Å². The van der Waals surface area contributed by atoms with E-state index in [1.807, 2.05) is 0 Å². The summed E-state index contributed by atoms with van der Waals surface area (Å²) in [6, 6.07) is 18.9. The first-order chi connectivity index (χ1) is 16.8. The minimum Gasteiger partial charge on any atom is -0.472 e. The quantitative estimate of drug-likeness (QED) is 0.354. The van der Waals surface area contributed by atoms with Crippen LogP contribution in [0.5, 0.6) is 0 Å². The molecule has 1 aliphatic heterocycles. The largest absolute Gasteiger partial charge is 0.472 e. The summed E-state index contributed by atoms with van der Waals surface area (Å²) < 4.78 is 32.5. The van der Waals surface area contributed by atoms with Crippen molar-refractivity contribution in [2.45, 2.75) is 11.4 Å². The van der Waals surface area contributed by atoms with Gasteiger partial charge in [0.05, 0.1) is 36.1 Å². The number of fused-ring (bicyclic) bond motifs is 1. The first-order valence-corrected chi connectivity index (χ1v) is 12.0. The third kappa shape index (κ3) is 4.22. The van der Waals surface area contributed by atoms with Crippen molar-refractivity contribution < 1.29 is 22.4 Å². The second-order valence-corrected chi connectivity index (χ2v) is 9.73. The highest BCUT2D eigenvalue weighted by Gasteiger charge is 2.37. The van der Waals surface area contributed by atoms with Gasteiger partial charge in [0.25, 0.3) is 15.9 Å². The third-order valence-corrected chi connectivity index (χ3v) is 7.39. The van der Waals surface area contributed by atoms with E-state index in [0.29, 0.717) is 28.1 Å². The van der Waals surface area contributed by atoms with Crippen LogP contribution >= 0.6 is 0 Å². The SMILES string of the molecule is Nc1ccccc1NC(=O)c1ccc(CN2C(=O)Nc3ccc(-c4ccoc4)cc3S2(=O)=O)cc1. The Kier molecular flexibility index (Phi) is 5.50. The fourth-order valence-electron chi connectivity index (χ4n) is 3.74. The van der Waals surface area contributed by atoms with Crippen LogP contribution in [0.25, 0.3) is 11.1 Å². The van der Waals surface area contributed by atoms with Crippen molar-refractivity contribution in [3.8, 4) is 11.1 Å². The number of nitrogens with one attached hydrogen (secondary N) is 2. The fourth-order valence-corrected chi connectivity index (χ4v) is 5.24. The van der Waals surface area contributed by atoms with Gasteiger partial charge >= 0.3 is 6.03 Å². The van der Waals surface area contributed by atoms with Crippen LogP contribution in [0.2, 0.25) is 0 Å². The molecule has 0 unspecified atom stereocenters. The van der Waals surface area contributed by atoms with Gasteiger partial charge in [-0.25, -0.2) is 17.5 Å². The van der Waals surface area contributed by atoms with Gasteiger partial charge in [-0.2, -0.15) is 0 Å². The molecule has 0 radical (unpaired) electrons. The maximum atomic E-state index is 13.3. The molecular weight excluding hydrogens is 468 g/mol. The van der Waals surface area contributed by atoms with Crippen LogP contribution in [0, 0.1) is 0 Å². The third-order valence-electron chi connectivity index (χ3n) is 5.62. The number of rotatable bonds is 5. The predicted octanol–water partition coefficient (Wildman–Crippen LogP) is 4.52. The van der Waals surface area contributed by atoms with Crippen LogP contribution < -0.4 is 16.4 Å². The normalized spacial score (nSPS) is 14.2. The molecule has 9 nitrogen and oxygen atoms in total. The van der Waals surface area contributed by atoms with Crippen LogP contribution in [0.15, 0.2) is 94.6 Å². The molecule has 4 N–H and O–H groups in total. The Labute approximate surface area is 201 Å². The van der Waals surface area contributed by atoms with Crippen LogP contribution in [0.3, 0.4) is 0 Å². The number of carbonyl (C=O) groups is 2. The molecule has 10 heteroatoms. The van der Waals surface area contributed by atoms with E-state index in [9.17, 15) is 18.0 Å². The average Bonchev–Trinajstić information content (AvgIpc) is 3.39. The summed E-state index contributed by atoms with van der Waals surface area (Å²) >= 11 is 0. The number of hydrogen-bond acceptors (Lipinski definition) is 6. The van der Waals surface area contributed by atoms with Crippen LogP contribution in [0.4, 0.5) is 21.9 Å². The molecule has 2 heterocycles. The average molecular weight is 489 g/mol. The van der Waals surface area contributed by atoms with Crippen molar-refractivity contribution in [1.82, 2.24) is 4.31 Å². The molecular formula is C25H20N4O5S. The maximum absolute atomic E-state index is 13.3. The highest BCUT2D eigenvalue weighted by molar-refractivity contribution is 7.90. The number of amides is 3. The highest BCUT2D eigenvalue weighted by Crippen LogP contribution is 2.34. The molecule has 3 amide bonds. The van der Waals surface area contributed by atoms with Crippen molar-refractivity contribution in [2.24, 2.45) is 0 Å². The number of nitrogens with two attached hydrogens (primary N) is 1. The van der Waals surface area contributed by atoms with E-state index in [2.05, 4.69) is 10.6 Å². The van der Waals surface area contributed by atoms with Gasteiger partial charge in [0, 0.05) is 11.1 Å². The molecule has 0 spiro atoms. The number of urea groups is 1. The Balaban J connectivity index is 1.36. The molecule has 1 aromatic heterocycles. The lowest BCUT2D eigenvalue weighted by Crippen LogP contribution is -2.43. The van der Waals surface area contributed by atoms with Crippen LogP contribution in [0.1, 0.15) is 15.9 Å². The lowest BCUT2D eigenvalue weighted by atomic mass is 10.1. The number of hydrogen-bond donors (Lipinski definition) is 3. The lowest BCUT2D eigenvalue weighted by Gasteiger charge is -2.29. The van der Waals surface area contributed by atoms with Gasteiger partial charge in [-0.1, -0.05) is 30.3 Å². The van der Waals surface area contributed by atoms with E-state index in [1.54, 1.807) is 66.7 Å². The standard InChI is InChI=1S/C25H20N4O5S/c26-20-3-1-2-4-21(20)27-24(30)17-7-5-16(6-8-17)14-29-25(31)28-22-10-9-18(19-11-12-34-15-19)13-23(22)35(29,32)33/h1-13,15H,14,26H2,(H,27,30)(H,28,31). The second kappa shape index (κ2) is 8.65. The molecule has 0 atom stereocenters. The number of anilines is 3. The van der Waals surface area contributed by atoms with Gasteiger partial charge in [0.2, 0.25) is 0 Å². The predicted molar refractivity (Wildman–Crippen MR) is 131 cm³/mol. The number of nitrogen functional groups attached to an aromatic ring is 1. The molecule has 0 saturated heterocycles. The van der Waals surface area contributed by atoms with E-state index in [4.69, 9.17) is 10.2 Å². The Morgan fingerprint density at radius 1 is 1.00 bits per heavy atom. The monoisotopic (exact) mass is 488 g/mol. The van der Waals surface area contributed by atoms with Gasteiger partial charge in [-0.15, -0.1) is 0 Å². The molecule has 4 aromatic rings. The molecule has 0 saturated carbocycles. The molecule has 0 aliphatic carbocycles. The van der Waals surface area contributed by atoms with Gasteiger partial charge < -0.3 is 20.8 Å². The second-order valence-electron chi connectivity index (χ2n) is 7.90. The summed E-state index contributed by atoms with van der Waals surface area (Å²) in [5.74, 6) is -0.363. The zero-order chi connectivity index (χ0) is 24.6. The molecule has 5 rings (SSSR count). The molecule has 35 heavy (non-hydrogen) atoms. The highest BCUT2D eigenvalue weighted by atomic mass is 32.2. The lowest BCUT2D eigenvalue weighted by molar-refractivity contribution is 0.102. The number of nitrogens with zero attached hydrogens (tertiary/aromatic N) is 1. The first-order valence-electron chi connectivity index (χ1n) is 10.6. The minimum atomic E-state index is -4.12. The van der Waals surface area contributed by atoms with Gasteiger partial charge in [-0.3, -0.25) is 4.79 Å². The summed E-state index contributed by atoms with van der Waals surface area (Å²) in [6.45, 7) is -0.197. The van der Waals surface area contributed by atoms with Crippen LogP contribution in [-0.2, 0) is 16.6 Å². The summed E-state index contributed by atoms with van der Waals surface area (Å²) in [7, 11) is -4.12. The number of para-hydroxylation sites is 2. The van der Waals surface area contributed by atoms with Crippen molar-refractivity contribution >= 4 is 39.0 Å². The van der Waals surface area contributed by atoms with Gasteiger partial charge in [0.15, 0.2) is 0 Å². The first kappa shape index (κ1) is 22.2. The molecule has 0 bridgehead atoms. The molecule has 1 aliphatic rings. The summed E-state index contributed by atoms with van der Waals surface area (Å²) in [4.78, 5) is 25.2. The number of carbonyl (C=O) groups excluding carboxylic acids is 2. The van der Waals surface area contributed by atoms with Crippen molar-refractivity contribution in [3.63, 3.8) is 0 Å². The fraction of sp³-hybridized carbons (Fsp3) is 0.0400. The number of sulfonamides is 1. The zero-order valence-electron chi connectivity index (χ0n) is 18.3. The van der Waals surface area contributed by atoms with Crippen LogP contribution in [-0.4, -0.2) is 24.7 Å². The van der Waals surface area contributed by atoms with E-state index >= 15 is 0 Å².